The Labute approximate surface area is 133 Å². The van der Waals surface area contributed by atoms with Crippen LogP contribution in [0.3, 0.4) is 0 Å². The predicted molar refractivity (Wildman–Crippen MR) is 86.4 cm³/mol. The average Bonchev–Trinajstić information content (AvgIpc) is 3.02. The second-order valence-corrected chi connectivity index (χ2v) is 5.85. The molecule has 5 heteroatoms. The van der Waals surface area contributed by atoms with Gasteiger partial charge in [-0.1, -0.05) is 24.3 Å². The van der Waals surface area contributed by atoms with E-state index in [1.54, 1.807) is 41.7 Å². The Hall–Kier alpha value is -2.45. The first kappa shape index (κ1) is 15.9. The number of hydrogen-bond donors (Lipinski definition) is 1. The molecule has 0 unspecified atom stereocenters. The number of carbonyl (C=O) groups excluding carboxylic acids is 2. The molecule has 112 valence electrons. The summed E-state index contributed by atoms with van der Waals surface area (Å²) in [4.78, 5) is 25.3. The maximum atomic E-state index is 12.1. The Balaban J connectivity index is 1.85. The number of nitrogens with zero attached hydrogens (tertiary/aromatic N) is 1. The summed E-state index contributed by atoms with van der Waals surface area (Å²) < 4.78 is 0. The number of Topliss-reactive ketones (excluding diaryl/α,β-unsaturated/α-hetero) is 1. The standard InChI is InChI=1S/C17H16N2O2S/c18-12-15(17(21)19-13-6-2-1-3-7-13)16(20)10-4-8-14-9-5-11-22-14/h1-3,5-7,9,11,15H,4,8,10H2,(H,19,21)/t15-/m1/s1. The van der Waals surface area contributed by atoms with Crippen molar-refractivity contribution >= 4 is 28.7 Å². The highest BCUT2D eigenvalue weighted by Gasteiger charge is 2.25. The van der Waals surface area contributed by atoms with Crippen LogP contribution < -0.4 is 5.32 Å². The number of nitriles is 1. The first-order valence-corrected chi connectivity index (χ1v) is 7.89. The van der Waals surface area contributed by atoms with E-state index in [1.807, 2.05) is 23.6 Å². The van der Waals surface area contributed by atoms with Crippen LogP contribution in [0.5, 0.6) is 0 Å². The third kappa shape index (κ3) is 4.54. The van der Waals surface area contributed by atoms with Crippen LogP contribution in [0.25, 0.3) is 0 Å². The Morgan fingerprint density at radius 3 is 2.59 bits per heavy atom. The lowest BCUT2D eigenvalue weighted by Gasteiger charge is -2.09. The molecule has 0 aliphatic carbocycles. The Kier molecular flexibility index (Phi) is 5.87. The molecule has 1 amide bonds. The molecule has 0 saturated heterocycles. The van der Waals surface area contributed by atoms with E-state index in [1.165, 1.54) is 4.88 Å². The van der Waals surface area contributed by atoms with Crippen LogP contribution in [0, 0.1) is 17.2 Å². The summed E-state index contributed by atoms with van der Waals surface area (Å²) in [6.45, 7) is 0. The van der Waals surface area contributed by atoms with Crippen LogP contribution in [-0.2, 0) is 16.0 Å². The third-order valence-corrected chi connectivity index (χ3v) is 4.12. The summed E-state index contributed by atoms with van der Waals surface area (Å²) in [6, 6.07) is 14.6. The number of hydrogen-bond acceptors (Lipinski definition) is 4. The normalized spacial score (nSPS) is 11.4. The molecule has 1 N–H and O–H groups in total. The summed E-state index contributed by atoms with van der Waals surface area (Å²) in [5.41, 5.74) is 0.583. The molecule has 1 atom stereocenters. The van der Waals surface area contributed by atoms with Crippen molar-refractivity contribution < 1.29 is 9.59 Å². The van der Waals surface area contributed by atoms with Gasteiger partial charge >= 0.3 is 0 Å². The molecule has 2 rings (SSSR count). The molecular weight excluding hydrogens is 296 g/mol. The smallest absolute Gasteiger partial charge is 0.249 e. The van der Waals surface area contributed by atoms with Crippen molar-refractivity contribution in [3.63, 3.8) is 0 Å². The van der Waals surface area contributed by atoms with Crippen LogP contribution in [0.15, 0.2) is 47.8 Å². The topological polar surface area (TPSA) is 70.0 Å². The van der Waals surface area contributed by atoms with E-state index in [-0.39, 0.29) is 12.2 Å². The third-order valence-electron chi connectivity index (χ3n) is 3.18. The lowest BCUT2D eigenvalue weighted by atomic mass is 9.99. The second-order valence-electron chi connectivity index (χ2n) is 4.82. The zero-order chi connectivity index (χ0) is 15.8. The molecule has 22 heavy (non-hydrogen) atoms. The van der Waals surface area contributed by atoms with E-state index in [2.05, 4.69) is 5.32 Å². The molecule has 0 aliphatic rings. The van der Waals surface area contributed by atoms with Gasteiger partial charge in [-0.05, 0) is 36.4 Å². The lowest BCUT2D eigenvalue weighted by Crippen LogP contribution is -2.28. The van der Waals surface area contributed by atoms with E-state index < -0.39 is 11.8 Å². The maximum absolute atomic E-state index is 12.1. The van der Waals surface area contributed by atoms with Gasteiger partial charge in [0.2, 0.25) is 5.91 Å². The van der Waals surface area contributed by atoms with E-state index >= 15 is 0 Å². The minimum absolute atomic E-state index is 0.234. The molecule has 0 saturated carbocycles. The molecule has 4 nitrogen and oxygen atoms in total. The number of rotatable bonds is 7. The number of thiophene rings is 1. The molecule has 0 bridgehead atoms. The van der Waals surface area contributed by atoms with Gasteiger partial charge in [-0.15, -0.1) is 11.3 Å². The Morgan fingerprint density at radius 2 is 1.95 bits per heavy atom. The Bertz CT molecular complexity index is 660. The van der Waals surface area contributed by atoms with Gasteiger partial charge in [-0.3, -0.25) is 9.59 Å². The van der Waals surface area contributed by atoms with Crippen molar-refractivity contribution in [3.8, 4) is 6.07 Å². The maximum Gasteiger partial charge on any atom is 0.249 e. The highest BCUT2D eigenvalue weighted by atomic mass is 32.1. The molecule has 0 aliphatic heterocycles. The monoisotopic (exact) mass is 312 g/mol. The predicted octanol–water partition coefficient (Wildman–Crippen LogP) is 3.42. The Morgan fingerprint density at radius 1 is 1.18 bits per heavy atom. The van der Waals surface area contributed by atoms with Gasteiger partial charge in [0.15, 0.2) is 11.7 Å². The number of anilines is 1. The number of benzene rings is 1. The van der Waals surface area contributed by atoms with Crippen molar-refractivity contribution in [1.82, 2.24) is 0 Å². The molecule has 1 heterocycles. The number of nitrogens with one attached hydrogen (secondary N) is 1. The highest BCUT2D eigenvalue weighted by Crippen LogP contribution is 2.14. The zero-order valence-corrected chi connectivity index (χ0v) is 12.8. The quantitative estimate of drug-likeness (QED) is 0.796. The molecule has 0 fully saturated rings. The van der Waals surface area contributed by atoms with Gasteiger partial charge < -0.3 is 5.32 Å². The minimum Gasteiger partial charge on any atom is -0.325 e. The number of amides is 1. The number of para-hydroxylation sites is 1. The number of aryl methyl sites for hydroxylation is 1. The fourth-order valence-electron chi connectivity index (χ4n) is 2.05. The summed E-state index contributed by atoms with van der Waals surface area (Å²) >= 11 is 1.64. The fourth-order valence-corrected chi connectivity index (χ4v) is 2.80. The van der Waals surface area contributed by atoms with Crippen molar-refractivity contribution in [1.29, 1.82) is 5.26 Å². The van der Waals surface area contributed by atoms with E-state index in [4.69, 9.17) is 5.26 Å². The van der Waals surface area contributed by atoms with Gasteiger partial charge in [-0.2, -0.15) is 5.26 Å². The molecular formula is C17H16N2O2S. The van der Waals surface area contributed by atoms with Gasteiger partial charge in [-0.25, -0.2) is 0 Å². The van der Waals surface area contributed by atoms with Crippen molar-refractivity contribution in [2.24, 2.45) is 5.92 Å². The SMILES string of the molecule is N#C[C@H](C(=O)CCCc1cccs1)C(=O)Nc1ccccc1. The minimum atomic E-state index is -1.25. The van der Waals surface area contributed by atoms with Gasteiger partial charge in [0, 0.05) is 17.0 Å². The molecule has 0 radical (unpaired) electrons. The first-order chi connectivity index (χ1) is 10.7. The molecule has 1 aromatic heterocycles. The van der Waals surface area contributed by atoms with Crippen LogP contribution in [0.4, 0.5) is 5.69 Å². The van der Waals surface area contributed by atoms with Gasteiger partial charge in [0.05, 0.1) is 6.07 Å². The summed E-state index contributed by atoms with van der Waals surface area (Å²) in [5, 5.41) is 13.7. The number of ketones is 1. The van der Waals surface area contributed by atoms with Crippen molar-refractivity contribution in [2.45, 2.75) is 19.3 Å². The van der Waals surface area contributed by atoms with Gasteiger partial charge in [0.1, 0.15) is 0 Å². The summed E-state index contributed by atoms with van der Waals surface area (Å²) in [6.07, 6.45) is 1.68. The first-order valence-electron chi connectivity index (χ1n) is 7.01. The summed E-state index contributed by atoms with van der Waals surface area (Å²) in [5.74, 6) is -2.13. The van der Waals surface area contributed by atoms with E-state index in [0.29, 0.717) is 12.1 Å². The zero-order valence-electron chi connectivity index (χ0n) is 12.0. The van der Waals surface area contributed by atoms with Crippen molar-refractivity contribution in [2.75, 3.05) is 5.32 Å². The van der Waals surface area contributed by atoms with Crippen LogP contribution in [0.2, 0.25) is 0 Å². The van der Waals surface area contributed by atoms with E-state index in [0.717, 1.165) is 6.42 Å². The van der Waals surface area contributed by atoms with Crippen LogP contribution in [0.1, 0.15) is 17.7 Å². The molecule has 2 aromatic rings. The largest absolute Gasteiger partial charge is 0.325 e. The van der Waals surface area contributed by atoms with Crippen LogP contribution in [-0.4, -0.2) is 11.7 Å². The average molecular weight is 312 g/mol. The lowest BCUT2D eigenvalue weighted by molar-refractivity contribution is -0.128. The van der Waals surface area contributed by atoms with E-state index in [9.17, 15) is 9.59 Å². The highest BCUT2D eigenvalue weighted by molar-refractivity contribution is 7.09. The van der Waals surface area contributed by atoms with Gasteiger partial charge in [0.25, 0.3) is 0 Å². The van der Waals surface area contributed by atoms with Crippen LogP contribution >= 0.6 is 11.3 Å². The number of carbonyl (C=O) groups is 2. The summed E-state index contributed by atoms with van der Waals surface area (Å²) in [7, 11) is 0. The molecule has 0 spiro atoms. The van der Waals surface area contributed by atoms with Crippen molar-refractivity contribution in [3.05, 3.63) is 52.7 Å². The molecule has 1 aromatic carbocycles. The fraction of sp³-hybridized carbons (Fsp3) is 0.235. The second kappa shape index (κ2) is 8.11.